The van der Waals surface area contributed by atoms with Crippen molar-refractivity contribution in [2.45, 2.75) is 26.3 Å². The van der Waals surface area contributed by atoms with E-state index in [1.807, 2.05) is 28.9 Å². The first-order valence-corrected chi connectivity index (χ1v) is 8.50. The average Bonchev–Trinajstić information content (AvgIpc) is 3.10. The van der Waals surface area contributed by atoms with Gasteiger partial charge in [-0.25, -0.2) is 4.98 Å². The third-order valence-corrected chi connectivity index (χ3v) is 4.50. The third-order valence-electron chi connectivity index (χ3n) is 4.03. The lowest BCUT2D eigenvalue weighted by Crippen LogP contribution is -2.31. The molecular weight excluding hydrogens is 360 g/mol. The number of hydrogen-bond acceptors (Lipinski definition) is 3. The second kappa shape index (κ2) is 6.70. The van der Waals surface area contributed by atoms with E-state index in [-0.39, 0.29) is 24.2 Å². The minimum Gasteiger partial charge on any atom is -0.355 e. The molecule has 122 valence electrons. The van der Waals surface area contributed by atoms with Gasteiger partial charge in [-0.3, -0.25) is 9.59 Å². The molecule has 1 aliphatic rings. The summed E-state index contributed by atoms with van der Waals surface area (Å²) in [6, 6.07) is 3.83. The number of pyridine rings is 1. The van der Waals surface area contributed by atoms with Gasteiger partial charge in [-0.2, -0.15) is 0 Å². The standard InChI is InChI=1S/C16H19BrN4O2/c1-10-6-13(10)16(23)18-5-4-15(22)19-7-12-9-21-8-11(17)2-3-14(21)20-12/h2-3,8-10,13H,4-7H2,1H3,(H,18,23)(H,19,22)/t10-,13+/m1/s1. The molecule has 2 aromatic rings. The highest BCUT2D eigenvalue weighted by Gasteiger charge is 2.38. The second-order valence-electron chi connectivity index (χ2n) is 5.98. The van der Waals surface area contributed by atoms with Gasteiger partial charge in [-0.15, -0.1) is 0 Å². The number of imidazole rings is 1. The number of amides is 2. The van der Waals surface area contributed by atoms with Gasteiger partial charge >= 0.3 is 0 Å². The van der Waals surface area contributed by atoms with Gasteiger partial charge in [0.1, 0.15) is 5.65 Å². The Bertz CT molecular complexity index is 743. The van der Waals surface area contributed by atoms with Crippen molar-refractivity contribution in [1.82, 2.24) is 20.0 Å². The summed E-state index contributed by atoms with van der Waals surface area (Å²) in [7, 11) is 0. The number of nitrogens with one attached hydrogen (secondary N) is 2. The highest BCUT2D eigenvalue weighted by molar-refractivity contribution is 9.10. The molecule has 0 bridgehead atoms. The van der Waals surface area contributed by atoms with Crippen LogP contribution >= 0.6 is 15.9 Å². The summed E-state index contributed by atoms with van der Waals surface area (Å²) in [5.74, 6) is 0.609. The molecule has 2 amide bonds. The van der Waals surface area contributed by atoms with Crippen LogP contribution in [0.5, 0.6) is 0 Å². The lowest BCUT2D eigenvalue weighted by molar-refractivity contribution is -0.123. The number of aromatic nitrogens is 2. The van der Waals surface area contributed by atoms with Crippen LogP contribution in [0.2, 0.25) is 0 Å². The molecule has 2 heterocycles. The van der Waals surface area contributed by atoms with Crippen molar-refractivity contribution in [3.63, 3.8) is 0 Å². The molecule has 6 nitrogen and oxygen atoms in total. The van der Waals surface area contributed by atoms with Gasteiger partial charge in [0.15, 0.2) is 0 Å². The Hall–Kier alpha value is -1.89. The first-order chi connectivity index (χ1) is 11.0. The Morgan fingerprint density at radius 2 is 2.13 bits per heavy atom. The van der Waals surface area contributed by atoms with E-state index in [4.69, 9.17) is 0 Å². The van der Waals surface area contributed by atoms with Gasteiger partial charge < -0.3 is 15.0 Å². The van der Waals surface area contributed by atoms with E-state index in [0.717, 1.165) is 22.2 Å². The van der Waals surface area contributed by atoms with Crippen LogP contribution in [-0.4, -0.2) is 27.7 Å². The highest BCUT2D eigenvalue weighted by Crippen LogP contribution is 2.37. The zero-order valence-electron chi connectivity index (χ0n) is 12.9. The van der Waals surface area contributed by atoms with Gasteiger partial charge in [-0.05, 0) is 40.4 Å². The van der Waals surface area contributed by atoms with Gasteiger partial charge in [-0.1, -0.05) is 6.92 Å². The van der Waals surface area contributed by atoms with Crippen molar-refractivity contribution in [3.8, 4) is 0 Å². The topological polar surface area (TPSA) is 75.5 Å². The van der Waals surface area contributed by atoms with Crippen LogP contribution in [0.25, 0.3) is 5.65 Å². The van der Waals surface area contributed by atoms with Crippen LogP contribution in [0.1, 0.15) is 25.5 Å². The monoisotopic (exact) mass is 378 g/mol. The molecule has 0 saturated heterocycles. The maximum absolute atomic E-state index is 11.8. The summed E-state index contributed by atoms with van der Waals surface area (Å²) in [6.07, 6.45) is 5.05. The number of carbonyl (C=O) groups excluding carboxylic acids is 2. The smallest absolute Gasteiger partial charge is 0.223 e. The number of nitrogens with zero attached hydrogens (tertiary/aromatic N) is 2. The summed E-state index contributed by atoms with van der Waals surface area (Å²) in [5.41, 5.74) is 1.63. The largest absolute Gasteiger partial charge is 0.355 e. The minimum atomic E-state index is -0.0904. The van der Waals surface area contributed by atoms with Crippen LogP contribution in [0, 0.1) is 11.8 Å². The number of hydrogen-bond donors (Lipinski definition) is 2. The number of carbonyl (C=O) groups is 2. The molecule has 1 fully saturated rings. The van der Waals surface area contributed by atoms with E-state index in [2.05, 4.69) is 38.5 Å². The van der Waals surface area contributed by atoms with Crippen LogP contribution in [0.3, 0.4) is 0 Å². The van der Waals surface area contributed by atoms with Crippen LogP contribution in [-0.2, 0) is 16.1 Å². The SMILES string of the molecule is C[C@@H]1C[C@@H]1C(=O)NCCC(=O)NCc1cn2cc(Br)ccc2n1. The Labute approximate surface area is 142 Å². The van der Waals surface area contributed by atoms with Gasteiger partial charge in [0.2, 0.25) is 11.8 Å². The van der Waals surface area contributed by atoms with Crippen molar-refractivity contribution in [2.75, 3.05) is 6.54 Å². The predicted molar refractivity (Wildman–Crippen MR) is 89.6 cm³/mol. The van der Waals surface area contributed by atoms with Crippen LogP contribution in [0.4, 0.5) is 0 Å². The molecule has 1 saturated carbocycles. The van der Waals surface area contributed by atoms with E-state index in [1.165, 1.54) is 0 Å². The fourth-order valence-electron chi connectivity index (χ4n) is 2.50. The molecular formula is C16H19BrN4O2. The fraction of sp³-hybridized carbons (Fsp3) is 0.438. The van der Waals surface area contributed by atoms with Crippen molar-refractivity contribution >= 4 is 33.4 Å². The molecule has 3 rings (SSSR count). The van der Waals surface area contributed by atoms with E-state index in [0.29, 0.717) is 19.0 Å². The third kappa shape index (κ3) is 4.10. The normalized spacial score (nSPS) is 19.6. The van der Waals surface area contributed by atoms with Gasteiger partial charge in [0.25, 0.3) is 0 Å². The van der Waals surface area contributed by atoms with Crippen molar-refractivity contribution in [1.29, 1.82) is 0 Å². The number of fused-ring (bicyclic) bond motifs is 1. The molecule has 2 atom stereocenters. The predicted octanol–water partition coefficient (Wildman–Crippen LogP) is 1.88. The first kappa shape index (κ1) is 16.0. The van der Waals surface area contributed by atoms with E-state index < -0.39 is 0 Å². The number of halogens is 1. The van der Waals surface area contributed by atoms with Crippen LogP contribution in [0.15, 0.2) is 29.0 Å². The minimum absolute atomic E-state index is 0.0660. The van der Waals surface area contributed by atoms with E-state index in [9.17, 15) is 9.59 Å². The molecule has 23 heavy (non-hydrogen) atoms. The maximum atomic E-state index is 11.8. The van der Waals surface area contributed by atoms with E-state index >= 15 is 0 Å². The van der Waals surface area contributed by atoms with Crippen molar-refractivity contribution in [2.24, 2.45) is 11.8 Å². The lowest BCUT2D eigenvalue weighted by Gasteiger charge is -2.05. The zero-order valence-corrected chi connectivity index (χ0v) is 14.5. The molecule has 0 radical (unpaired) electrons. The lowest BCUT2D eigenvalue weighted by atomic mass is 10.3. The molecule has 1 aliphatic carbocycles. The Morgan fingerprint density at radius 1 is 1.35 bits per heavy atom. The molecule has 0 spiro atoms. The van der Waals surface area contributed by atoms with Gasteiger partial charge in [0, 0.05) is 35.7 Å². The molecule has 2 aromatic heterocycles. The zero-order chi connectivity index (χ0) is 16.4. The van der Waals surface area contributed by atoms with Crippen molar-refractivity contribution < 1.29 is 9.59 Å². The molecule has 0 unspecified atom stereocenters. The Kier molecular flexibility index (Phi) is 4.66. The highest BCUT2D eigenvalue weighted by atomic mass is 79.9. The van der Waals surface area contributed by atoms with Crippen LogP contribution < -0.4 is 10.6 Å². The quantitative estimate of drug-likeness (QED) is 0.805. The first-order valence-electron chi connectivity index (χ1n) is 7.70. The summed E-state index contributed by atoms with van der Waals surface area (Å²) < 4.78 is 2.88. The molecule has 7 heteroatoms. The summed E-state index contributed by atoms with van der Waals surface area (Å²) >= 11 is 3.41. The Balaban J connectivity index is 1.42. The molecule has 2 N–H and O–H groups in total. The van der Waals surface area contributed by atoms with Gasteiger partial charge in [0.05, 0.1) is 12.2 Å². The fourth-order valence-corrected chi connectivity index (χ4v) is 2.85. The summed E-state index contributed by atoms with van der Waals surface area (Å²) in [6.45, 7) is 2.82. The van der Waals surface area contributed by atoms with Crippen molar-refractivity contribution in [3.05, 3.63) is 34.7 Å². The summed E-state index contributed by atoms with van der Waals surface area (Å²) in [5, 5.41) is 5.63. The molecule has 0 aliphatic heterocycles. The van der Waals surface area contributed by atoms with E-state index in [1.54, 1.807) is 0 Å². The maximum Gasteiger partial charge on any atom is 0.223 e. The number of rotatable bonds is 6. The Morgan fingerprint density at radius 3 is 2.87 bits per heavy atom. The summed E-state index contributed by atoms with van der Waals surface area (Å²) in [4.78, 5) is 27.9. The average molecular weight is 379 g/mol. The second-order valence-corrected chi connectivity index (χ2v) is 6.90. The molecule has 0 aromatic carbocycles.